The van der Waals surface area contributed by atoms with Gasteiger partial charge in [0.05, 0.1) is 25.1 Å². The second-order valence-corrected chi connectivity index (χ2v) is 8.64. The first-order valence-corrected chi connectivity index (χ1v) is 10.5. The van der Waals surface area contributed by atoms with Crippen LogP contribution < -0.4 is 9.64 Å². The monoisotopic (exact) mass is 396 g/mol. The van der Waals surface area contributed by atoms with Gasteiger partial charge in [-0.1, -0.05) is 24.3 Å². The van der Waals surface area contributed by atoms with Gasteiger partial charge in [0.1, 0.15) is 11.6 Å². The van der Waals surface area contributed by atoms with Crippen LogP contribution in [0.4, 0.5) is 10.1 Å². The highest BCUT2D eigenvalue weighted by atomic mass is 19.1. The number of fused-ring (bicyclic) bond motifs is 1. The summed E-state index contributed by atoms with van der Waals surface area (Å²) in [5, 5.41) is 0. The zero-order chi connectivity index (χ0) is 20.4. The van der Waals surface area contributed by atoms with E-state index in [2.05, 4.69) is 18.7 Å². The summed E-state index contributed by atoms with van der Waals surface area (Å²) in [7, 11) is 0. The summed E-state index contributed by atoms with van der Waals surface area (Å²) in [5.74, 6) is 0.715. The van der Waals surface area contributed by atoms with E-state index in [9.17, 15) is 9.18 Å². The third-order valence-electron chi connectivity index (χ3n) is 6.17. The Labute approximate surface area is 172 Å². The zero-order valence-corrected chi connectivity index (χ0v) is 17.2. The zero-order valence-electron chi connectivity index (χ0n) is 17.2. The van der Waals surface area contributed by atoms with E-state index in [4.69, 9.17) is 4.74 Å². The fraction of sp³-hybridized carbons (Fsp3) is 0.458. The topological polar surface area (TPSA) is 32.8 Å². The van der Waals surface area contributed by atoms with Gasteiger partial charge in [-0.3, -0.25) is 4.79 Å². The van der Waals surface area contributed by atoms with Crippen molar-refractivity contribution in [2.24, 2.45) is 0 Å². The molecule has 0 radical (unpaired) electrons. The normalized spacial score (nSPS) is 23.0. The first-order valence-electron chi connectivity index (χ1n) is 10.5. The minimum absolute atomic E-state index is 0.132. The fourth-order valence-corrected chi connectivity index (χ4v) is 5.04. The highest BCUT2D eigenvalue weighted by Crippen LogP contribution is 2.43. The highest BCUT2D eigenvalue weighted by Gasteiger charge is 2.50. The number of anilines is 1. The van der Waals surface area contributed by atoms with Crippen molar-refractivity contribution in [1.82, 2.24) is 4.90 Å². The van der Waals surface area contributed by atoms with Crippen LogP contribution in [0.5, 0.6) is 5.75 Å². The molecule has 0 spiro atoms. The Balaban J connectivity index is 1.46. The number of rotatable bonds is 5. The standard InChI is InChI=1S/C24H29FN2O2/c1-24(2)17-22-21(27(24)19-9-6-8-18(25)16-19)12-7-14-26(22)23(28)13-15-29-20-10-4-3-5-11-20/h3-6,8-11,16,21-22H,7,12-15,17H2,1-2H3/t21-,22-/m0/s1. The number of hydrogen-bond acceptors (Lipinski definition) is 3. The maximum Gasteiger partial charge on any atom is 0.226 e. The van der Waals surface area contributed by atoms with Crippen LogP contribution in [0.3, 0.4) is 0 Å². The van der Waals surface area contributed by atoms with Crippen molar-refractivity contribution in [2.75, 3.05) is 18.1 Å². The molecule has 29 heavy (non-hydrogen) atoms. The minimum atomic E-state index is -0.219. The molecule has 154 valence electrons. The Hall–Kier alpha value is -2.56. The first kappa shape index (κ1) is 19.7. The Kier molecular flexibility index (Phi) is 5.48. The summed E-state index contributed by atoms with van der Waals surface area (Å²) >= 11 is 0. The summed E-state index contributed by atoms with van der Waals surface area (Å²) in [5.41, 5.74) is 0.774. The molecule has 2 fully saturated rings. The number of carbonyl (C=O) groups excluding carboxylic acids is 1. The lowest BCUT2D eigenvalue weighted by Gasteiger charge is -2.42. The van der Waals surface area contributed by atoms with Gasteiger partial charge in [-0.25, -0.2) is 4.39 Å². The number of hydrogen-bond donors (Lipinski definition) is 0. The van der Waals surface area contributed by atoms with Gasteiger partial charge in [-0.15, -0.1) is 0 Å². The van der Waals surface area contributed by atoms with E-state index in [1.165, 1.54) is 6.07 Å². The molecular weight excluding hydrogens is 367 g/mol. The molecule has 0 N–H and O–H groups in total. The number of benzene rings is 2. The highest BCUT2D eigenvalue weighted by molar-refractivity contribution is 5.77. The lowest BCUT2D eigenvalue weighted by Crippen LogP contribution is -2.53. The van der Waals surface area contributed by atoms with Crippen LogP contribution in [0.2, 0.25) is 0 Å². The number of piperidine rings is 1. The van der Waals surface area contributed by atoms with Gasteiger partial charge in [0.15, 0.2) is 0 Å². The molecule has 4 rings (SSSR count). The summed E-state index contributed by atoms with van der Waals surface area (Å²) in [6.07, 6.45) is 3.25. The van der Waals surface area contributed by atoms with Gasteiger partial charge in [0, 0.05) is 17.8 Å². The molecule has 4 nitrogen and oxygen atoms in total. The van der Waals surface area contributed by atoms with Crippen LogP contribution >= 0.6 is 0 Å². The second-order valence-electron chi connectivity index (χ2n) is 8.64. The fourth-order valence-electron chi connectivity index (χ4n) is 5.04. The van der Waals surface area contributed by atoms with Crippen molar-refractivity contribution in [2.45, 2.75) is 57.2 Å². The van der Waals surface area contributed by atoms with E-state index in [0.717, 1.165) is 37.2 Å². The predicted molar refractivity (Wildman–Crippen MR) is 113 cm³/mol. The molecule has 2 aliphatic heterocycles. The number of para-hydroxylation sites is 1. The number of nitrogens with zero attached hydrogens (tertiary/aromatic N) is 2. The molecule has 2 aromatic carbocycles. The predicted octanol–water partition coefficient (Wildman–Crippen LogP) is 4.64. The quantitative estimate of drug-likeness (QED) is 0.738. The molecule has 0 aromatic heterocycles. The molecule has 0 saturated carbocycles. The van der Waals surface area contributed by atoms with E-state index >= 15 is 0 Å². The van der Waals surface area contributed by atoms with Crippen molar-refractivity contribution in [3.05, 3.63) is 60.4 Å². The van der Waals surface area contributed by atoms with E-state index in [1.54, 1.807) is 12.1 Å². The van der Waals surface area contributed by atoms with Crippen LogP contribution in [-0.2, 0) is 4.79 Å². The van der Waals surface area contributed by atoms with Crippen molar-refractivity contribution < 1.29 is 13.9 Å². The lowest BCUT2D eigenvalue weighted by atomic mass is 9.94. The third kappa shape index (κ3) is 4.09. The van der Waals surface area contributed by atoms with E-state index in [0.29, 0.717) is 13.0 Å². The van der Waals surface area contributed by atoms with Gasteiger partial charge in [0.25, 0.3) is 0 Å². The smallest absolute Gasteiger partial charge is 0.226 e. The van der Waals surface area contributed by atoms with Crippen LogP contribution in [0.25, 0.3) is 0 Å². The third-order valence-corrected chi connectivity index (χ3v) is 6.17. The average Bonchev–Trinajstić information content (AvgIpc) is 2.98. The summed E-state index contributed by atoms with van der Waals surface area (Å²) < 4.78 is 19.6. The van der Waals surface area contributed by atoms with Gasteiger partial charge >= 0.3 is 0 Å². The van der Waals surface area contributed by atoms with Crippen molar-refractivity contribution in [3.8, 4) is 5.75 Å². The largest absolute Gasteiger partial charge is 0.493 e. The van der Waals surface area contributed by atoms with E-state index < -0.39 is 0 Å². The van der Waals surface area contributed by atoms with Crippen molar-refractivity contribution in [1.29, 1.82) is 0 Å². The molecule has 0 unspecified atom stereocenters. The number of halogens is 1. The molecule has 1 amide bonds. The maximum absolute atomic E-state index is 13.9. The first-order chi connectivity index (χ1) is 14.0. The van der Waals surface area contributed by atoms with Crippen LogP contribution in [-0.4, -0.2) is 41.6 Å². The summed E-state index contributed by atoms with van der Waals surface area (Å²) in [6.45, 7) is 5.56. The maximum atomic E-state index is 13.9. The molecule has 5 heteroatoms. The Bertz CT molecular complexity index is 855. The minimum Gasteiger partial charge on any atom is -0.493 e. The lowest BCUT2D eigenvalue weighted by molar-refractivity contribution is -0.135. The Morgan fingerprint density at radius 3 is 2.69 bits per heavy atom. The summed E-state index contributed by atoms with van der Waals surface area (Å²) in [4.78, 5) is 17.4. The van der Waals surface area contributed by atoms with Crippen LogP contribution in [0.15, 0.2) is 54.6 Å². The Morgan fingerprint density at radius 2 is 1.93 bits per heavy atom. The van der Waals surface area contributed by atoms with Crippen LogP contribution in [0.1, 0.15) is 39.5 Å². The van der Waals surface area contributed by atoms with Gasteiger partial charge < -0.3 is 14.5 Å². The van der Waals surface area contributed by atoms with Gasteiger partial charge in [-0.2, -0.15) is 0 Å². The van der Waals surface area contributed by atoms with Crippen molar-refractivity contribution >= 4 is 11.6 Å². The second kappa shape index (κ2) is 8.05. The molecular formula is C24H29FN2O2. The number of amides is 1. The molecule has 2 saturated heterocycles. The Morgan fingerprint density at radius 1 is 1.14 bits per heavy atom. The van der Waals surface area contributed by atoms with Crippen molar-refractivity contribution in [3.63, 3.8) is 0 Å². The molecule has 0 aliphatic carbocycles. The van der Waals surface area contributed by atoms with E-state index in [1.807, 2.05) is 41.3 Å². The van der Waals surface area contributed by atoms with E-state index in [-0.39, 0.29) is 29.3 Å². The SMILES string of the molecule is CC1(C)C[C@H]2[C@H](CCCN2C(=O)CCOc2ccccc2)N1c1cccc(F)c1. The molecule has 2 aliphatic rings. The molecule has 2 aromatic rings. The summed E-state index contributed by atoms with van der Waals surface area (Å²) in [6, 6.07) is 16.8. The molecule has 2 atom stereocenters. The van der Waals surface area contributed by atoms with Gasteiger partial charge in [-0.05, 0) is 63.4 Å². The average molecular weight is 397 g/mol. The molecule has 0 bridgehead atoms. The number of ether oxygens (including phenoxy) is 1. The van der Waals surface area contributed by atoms with Gasteiger partial charge in [0.2, 0.25) is 5.91 Å². The molecule has 2 heterocycles. The number of likely N-dealkylation sites (tertiary alicyclic amines) is 1. The number of carbonyl (C=O) groups is 1. The van der Waals surface area contributed by atoms with Crippen LogP contribution in [0, 0.1) is 5.82 Å².